The third-order valence-corrected chi connectivity index (χ3v) is 7.57. The predicted molar refractivity (Wildman–Crippen MR) is 110 cm³/mol. The van der Waals surface area contributed by atoms with Crippen LogP contribution in [0.3, 0.4) is 0 Å². The second-order valence-electron chi connectivity index (χ2n) is 7.49. The summed E-state index contributed by atoms with van der Waals surface area (Å²) in [7, 11) is 0. The van der Waals surface area contributed by atoms with Crippen LogP contribution in [0.5, 0.6) is 0 Å². The number of hydrogen-bond acceptors (Lipinski definition) is 11. The normalized spacial score (nSPS) is 21.6. The Morgan fingerprint density at radius 2 is 2.03 bits per heavy atom. The molecule has 3 rings (SSSR count). The highest BCUT2D eigenvalue weighted by Gasteiger charge is 2.52. The third-order valence-electron chi connectivity index (χ3n) is 4.15. The molecule has 0 bridgehead atoms. The molecule has 0 saturated carbocycles. The van der Waals surface area contributed by atoms with E-state index in [0.717, 1.165) is 14.9 Å². The van der Waals surface area contributed by atoms with Crippen LogP contribution in [0.15, 0.2) is 15.6 Å². The molecule has 2 aliphatic heterocycles. The largest absolute Gasteiger partial charge is 0.427 e. The van der Waals surface area contributed by atoms with E-state index < -0.39 is 30.2 Å². The van der Waals surface area contributed by atoms with Crippen molar-refractivity contribution in [1.29, 1.82) is 0 Å². The second kappa shape index (κ2) is 8.62. The Bertz CT molecular complexity index is 863. The van der Waals surface area contributed by atoms with E-state index in [1.54, 1.807) is 20.8 Å². The zero-order chi connectivity index (χ0) is 21.3. The molecule has 0 radical (unpaired) electrons. The van der Waals surface area contributed by atoms with Crippen LogP contribution in [-0.4, -0.2) is 62.7 Å². The van der Waals surface area contributed by atoms with E-state index in [9.17, 15) is 14.4 Å². The van der Waals surface area contributed by atoms with Crippen LogP contribution in [0.4, 0.5) is 0 Å². The van der Waals surface area contributed by atoms with Crippen molar-refractivity contribution in [2.75, 3.05) is 18.3 Å². The molecule has 1 aromatic heterocycles. The molecule has 9 nitrogen and oxygen atoms in total. The van der Waals surface area contributed by atoms with Crippen LogP contribution in [0, 0.1) is 12.3 Å². The standard InChI is InChI=1S/C17H22N4O5S3/c1-8-19-20-16(29-8)28-6-9-5-27-13-10(18)12(22)21(13)11(9)14(23)25-7-26-15(24)17(2,3)4/h10,13H,5-7,18H2,1-4H3/t10?,13-/m1/s1. The Morgan fingerprint density at radius 3 is 2.66 bits per heavy atom. The fraction of sp³-hybridized carbons (Fsp3) is 0.588. The van der Waals surface area contributed by atoms with Gasteiger partial charge in [0.15, 0.2) is 4.34 Å². The summed E-state index contributed by atoms with van der Waals surface area (Å²) in [4.78, 5) is 38.3. The monoisotopic (exact) mass is 458 g/mol. The van der Waals surface area contributed by atoms with Gasteiger partial charge in [-0.05, 0) is 33.3 Å². The number of carbonyl (C=O) groups is 3. The molecule has 12 heteroatoms. The first-order chi connectivity index (χ1) is 13.6. The van der Waals surface area contributed by atoms with Gasteiger partial charge in [0.25, 0.3) is 0 Å². The van der Waals surface area contributed by atoms with Crippen molar-refractivity contribution in [2.24, 2.45) is 11.1 Å². The number of esters is 2. The van der Waals surface area contributed by atoms with Crippen molar-refractivity contribution in [2.45, 2.75) is 43.5 Å². The van der Waals surface area contributed by atoms with Crippen LogP contribution in [-0.2, 0) is 23.9 Å². The molecule has 1 unspecified atom stereocenters. The summed E-state index contributed by atoms with van der Waals surface area (Å²) in [6, 6.07) is -0.637. The minimum atomic E-state index is -0.708. The number of carbonyl (C=O) groups excluding carboxylic acids is 3. The molecule has 2 N–H and O–H groups in total. The summed E-state index contributed by atoms with van der Waals surface area (Å²) in [5.74, 6) is -0.518. The second-order valence-corrected chi connectivity index (χ2v) is 11.0. The molecule has 0 aromatic carbocycles. The highest BCUT2D eigenvalue weighted by Crippen LogP contribution is 2.41. The number of hydrogen-bond donors (Lipinski definition) is 1. The molecule has 1 saturated heterocycles. The summed E-state index contributed by atoms with van der Waals surface area (Å²) in [5, 5.41) is 8.60. The van der Waals surface area contributed by atoms with Crippen LogP contribution in [0.1, 0.15) is 25.8 Å². The highest BCUT2D eigenvalue weighted by molar-refractivity contribution is 8.01. The highest BCUT2D eigenvalue weighted by atomic mass is 32.2. The number of fused-ring (bicyclic) bond motifs is 1. The molecule has 2 atom stereocenters. The minimum absolute atomic E-state index is 0.181. The fourth-order valence-corrected chi connectivity index (χ4v) is 5.83. The Morgan fingerprint density at radius 1 is 1.31 bits per heavy atom. The van der Waals surface area contributed by atoms with Gasteiger partial charge in [-0.25, -0.2) is 4.79 Å². The zero-order valence-corrected chi connectivity index (χ0v) is 18.9. The Balaban J connectivity index is 1.72. The molecule has 158 valence electrons. The first kappa shape index (κ1) is 22.1. The molecule has 2 aliphatic rings. The lowest BCUT2D eigenvalue weighted by atomic mass is 9.98. The molecule has 1 aromatic rings. The lowest BCUT2D eigenvalue weighted by molar-refractivity contribution is -0.173. The quantitative estimate of drug-likeness (QED) is 0.290. The average molecular weight is 459 g/mol. The number of aromatic nitrogens is 2. The molecular weight excluding hydrogens is 436 g/mol. The summed E-state index contributed by atoms with van der Waals surface area (Å²) in [5.41, 5.74) is 6.08. The number of β-lactam (4-membered cyclic amide) rings is 1. The van der Waals surface area contributed by atoms with Gasteiger partial charge in [-0.2, -0.15) is 0 Å². The van der Waals surface area contributed by atoms with Crippen molar-refractivity contribution in [1.82, 2.24) is 15.1 Å². The first-order valence-electron chi connectivity index (χ1n) is 8.79. The zero-order valence-electron chi connectivity index (χ0n) is 16.5. The van der Waals surface area contributed by atoms with Gasteiger partial charge < -0.3 is 15.2 Å². The Labute approximate surface area is 180 Å². The van der Waals surface area contributed by atoms with E-state index in [1.807, 2.05) is 6.92 Å². The van der Waals surface area contributed by atoms with E-state index >= 15 is 0 Å². The topological polar surface area (TPSA) is 125 Å². The minimum Gasteiger partial charge on any atom is -0.427 e. The summed E-state index contributed by atoms with van der Waals surface area (Å²) in [6.07, 6.45) is 0. The van der Waals surface area contributed by atoms with E-state index in [4.69, 9.17) is 15.2 Å². The maximum Gasteiger partial charge on any atom is 0.357 e. The van der Waals surface area contributed by atoms with Gasteiger partial charge in [-0.1, -0.05) is 23.1 Å². The molecule has 1 amide bonds. The Hall–Kier alpha value is -1.63. The number of amides is 1. The summed E-state index contributed by atoms with van der Waals surface area (Å²) < 4.78 is 10.9. The van der Waals surface area contributed by atoms with Gasteiger partial charge >= 0.3 is 11.9 Å². The van der Waals surface area contributed by atoms with Crippen molar-refractivity contribution in [3.8, 4) is 0 Å². The van der Waals surface area contributed by atoms with E-state index in [-0.39, 0.29) is 17.0 Å². The molecule has 1 fully saturated rings. The van der Waals surface area contributed by atoms with Crippen LogP contribution in [0.2, 0.25) is 0 Å². The maximum absolute atomic E-state index is 12.7. The number of nitrogens with zero attached hydrogens (tertiary/aromatic N) is 3. The van der Waals surface area contributed by atoms with Crippen molar-refractivity contribution < 1.29 is 23.9 Å². The molecule has 0 aliphatic carbocycles. The average Bonchev–Trinajstić information content (AvgIpc) is 3.09. The van der Waals surface area contributed by atoms with Gasteiger partial charge in [-0.15, -0.1) is 22.0 Å². The van der Waals surface area contributed by atoms with E-state index in [2.05, 4.69) is 10.2 Å². The molecule has 29 heavy (non-hydrogen) atoms. The molecule has 3 heterocycles. The Kier molecular flexibility index (Phi) is 6.56. The van der Waals surface area contributed by atoms with Crippen molar-refractivity contribution >= 4 is 52.7 Å². The number of rotatable bonds is 6. The lowest BCUT2D eigenvalue weighted by Crippen LogP contribution is -2.68. The molecular formula is C17H22N4O5S3. The van der Waals surface area contributed by atoms with Gasteiger partial charge in [-0.3, -0.25) is 14.5 Å². The lowest BCUT2D eigenvalue weighted by Gasteiger charge is -2.48. The van der Waals surface area contributed by atoms with Crippen LogP contribution >= 0.6 is 34.9 Å². The maximum atomic E-state index is 12.7. The van der Waals surface area contributed by atoms with E-state index in [1.165, 1.54) is 39.8 Å². The van der Waals surface area contributed by atoms with E-state index in [0.29, 0.717) is 11.5 Å². The number of aryl methyl sites for hydroxylation is 1. The predicted octanol–water partition coefficient (Wildman–Crippen LogP) is 1.53. The smallest absolute Gasteiger partial charge is 0.357 e. The molecule has 0 spiro atoms. The van der Waals surface area contributed by atoms with Gasteiger partial charge in [0.05, 0.1) is 5.41 Å². The van der Waals surface area contributed by atoms with Gasteiger partial charge in [0.2, 0.25) is 12.7 Å². The fourth-order valence-electron chi connectivity index (χ4n) is 2.59. The van der Waals surface area contributed by atoms with Crippen molar-refractivity contribution in [3.05, 3.63) is 16.3 Å². The van der Waals surface area contributed by atoms with Gasteiger partial charge in [0.1, 0.15) is 22.1 Å². The summed E-state index contributed by atoms with van der Waals surface area (Å²) >= 11 is 4.41. The third kappa shape index (κ3) is 4.76. The summed E-state index contributed by atoms with van der Waals surface area (Å²) in [6.45, 7) is 6.46. The van der Waals surface area contributed by atoms with Gasteiger partial charge in [0, 0.05) is 11.5 Å². The van der Waals surface area contributed by atoms with Crippen LogP contribution in [0.25, 0.3) is 0 Å². The number of nitrogens with two attached hydrogens (primary N) is 1. The van der Waals surface area contributed by atoms with Crippen molar-refractivity contribution in [3.63, 3.8) is 0 Å². The first-order valence-corrected chi connectivity index (χ1v) is 11.6. The SMILES string of the molecule is Cc1nnc(SCC2=C(C(=O)OCOC(=O)C(C)(C)C)N3C(=O)C(N)[C@H]3SC2)s1. The number of thioether (sulfide) groups is 2. The van der Waals surface area contributed by atoms with Crippen LogP contribution < -0.4 is 5.73 Å². The number of ether oxygens (including phenoxy) is 2.